The van der Waals surface area contributed by atoms with Gasteiger partial charge in [0.1, 0.15) is 18.2 Å². The first-order valence-electron chi connectivity index (χ1n) is 7.13. The highest BCUT2D eigenvalue weighted by molar-refractivity contribution is 9.10. The average Bonchev–Trinajstić information content (AvgIpc) is 2.46. The van der Waals surface area contributed by atoms with E-state index >= 15 is 0 Å². The highest BCUT2D eigenvalue weighted by atomic mass is 79.9. The van der Waals surface area contributed by atoms with E-state index in [4.69, 9.17) is 4.74 Å². The van der Waals surface area contributed by atoms with Crippen molar-refractivity contribution in [3.8, 4) is 5.75 Å². The fraction of sp³-hybridized carbons (Fsp3) is 0.333. The molecule has 1 N–H and O–H groups in total. The van der Waals surface area contributed by atoms with E-state index in [0.29, 0.717) is 16.8 Å². The minimum Gasteiger partial charge on any atom is -0.488 e. The van der Waals surface area contributed by atoms with Crippen molar-refractivity contribution in [1.82, 2.24) is 0 Å². The summed E-state index contributed by atoms with van der Waals surface area (Å²) in [6, 6.07) is 12.6. The SMILES string of the molecule is CC(C)(C)C(O)c1c(F)ccc(OCc2ccccc2)c1Br. The van der Waals surface area contributed by atoms with E-state index in [-0.39, 0.29) is 5.56 Å². The van der Waals surface area contributed by atoms with Crippen molar-refractivity contribution in [3.63, 3.8) is 0 Å². The fourth-order valence-electron chi connectivity index (χ4n) is 2.08. The van der Waals surface area contributed by atoms with Crippen LogP contribution in [0.15, 0.2) is 46.9 Å². The maximum absolute atomic E-state index is 14.1. The Bertz CT molecular complexity index is 636. The van der Waals surface area contributed by atoms with Crippen molar-refractivity contribution < 1.29 is 14.2 Å². The molecular formula is C18H20BrFO2. The maximum atomic E-state index is 14.1. The third-order valence-electron chi connectivity index (χ3n) is 3.42. The summed E-state index contributed by atoms with van der Waals surface area (Å²) in [6.07, 6.45) is -0.929. The normalized spacial score (nSPS) is 13.0. The van der Waals surface area contributed by atoms with Gasteiger partial charge >= 0.3 is 0 Å². The van der Waals surface area contributed by atoms with Crippen LogP contribution in [0.3, 0.4) is 0 Å². The highest BCUT2D eigenvalue weighted by Crippen LogP contribution is 2.41. The number of benzene rings is 2. The summed E-state index contributed by atoms with van der Waals surface area (Å²) >= 11 is 3.37. The quantitative estimate of drug-likeness (QED) is 0.800. The number of halogens is 2. The Balaban J connectivity index is 2.27. The van der Waals surface area contributed by atoms with Gasteiger partial charge in [0.2, 0.25) is 0 Å². The monoisotopic (exact) mass is 366 g/mol. The van der Waals surface area contributed by atoms with Gasteiger partial charge in [-0.15, -0.1) is 0 Å². The third-order valence-corrected chi connectivity index (χ3v) is 4.24. The van der Waals surface area contributed by atoms with Gasteiger partial charge in [-0.25, -0.2) is 4.39 Å². The predicted octanol–water partition coefficient (Wildman–Crippen LogP) is 5.25. The van der Waals surface area contributed by atoms with Crippen LogP contribution in [0.2, 0.25) is 0 Å². The van der Waals surface area contributed by atoms with E-state index in [1.54, 1.807) is 6.07 Å². The Kier molecular flexibility index (Phi) is 5.24. The molecule has 2 rings (SSSR count). The summed E-state index contributed by atoms with van der Waals surface area (Å²) in [4.78, 5) is 0. The van der Waals surface area contributed by atoms with Gasteiger partial charge in [-0.3, -0.25) is 0 Å². The van der Waals surface area contributed by atoms with Crippen molar-refractivity contribution in [1.29, 1.82) is 0 Å². The molecule has 118 valence electrons. The lowest BCUT2D eigenvalue weighted by molar-refractivity contribution is 0.0584. The first kappa shape index (κ1) is 17.0. The van der Waals surface area contributed by atoms with E-state index in [1.165, 1.54) is 6.07 Å². The first-order valence-corrected chi connectivity index (χ1v) is 7.92. The van der Waals surface area contributed by atoms with Crippen LogP contribution in [0.4, 0.5) is 4.39 Å². The molecular weight excluding hydrogens is 347 g/mol. The van der Waals surface area contributed by atoms with E-state index in [2.05, 4.69) is 15.9 Å². The summed E-state index contributed by atoms with van der Waals surface area (Å²) in [6.45, 7) is 5.97. The van der Waals surface area contributed by atoms with E-state index in [9.17, 15) is 9.50 Å². The Morgan fingerprint density at radius 2 is 1.77 bits per heavy atom. The van der Waals surface area contributed by atoms with Crippen molar-refractivity contribution in [2.45, 2.75) is 33.5 Å². The number of aliphatic hydroxyl groups is 1. The topological polar surface area (TPSA) is 29.5 Å². The number of hydrogen-bond acceptors (Lipinski definition) is 2. The zero-order valence-electron chi connectivity index (χ0n) is 12.9. The van der Waals surface area contributed by atoms with E-state index in [0.717, 1.165) is 5.56 Å². The molecule has 0 saturated heterocycles. The number of rotatable bonds is 4. The Labute approximate surface area is 139 Å². The minimum atomic E-state index is -0.929. The van der Waals surface area contributed by atoms with Gasteiger partial charge in [0.15, 0.2) is 0 Å². The molecule has 1 atom stereocenters. The molecule has 2 aromatic rings. The summed E-state index contributed by atoms with van der Waals surface area (Å²) in [7, 11) is 0. The average molecular weight is 367 g/mol. The van der Waals surface area contributed by atoms with Crippen molar-refractivity contribution >= 4 is 15.9 Å². The molecule has 0 aromatic heterocycles. The van der Waals surface area contributed by atoms with Gasteiger partial charge in [0.25, 0.3) is 0 Å². The van der Waals surface area contributed by atoms with E-state index in [1.807, 2.05) is 51.1 Å². The van der Waals surface area contributed by atoms with Gasteiger partial charge in [-0.2, -0.15) is 0 Å². The summed E-state index contributed by atoms with van der Waals surface area (Å²) in [5.41, 5.74) is 0.788. The highest BCUT2D eigenvalue weighted by Gasteiger charge is 2.29. The molecule has 0 fully saturated rings. The van der Waals surface area contributed by atoms with Crippen LogP contribution in [0.25, 0.3) is 0 Å². The summed E-state index contributed by atoms with van der Waals surface area (Å²) in [5, 5.41) is 10.4. The van der Waals surface area contributed by atoms with Crippen LogP contribution in [-0.4, -0.2) is 5.11 Å². The number of ether oxygens (including phenoxy) is 1. The molecule has 2 aromatic carbocycles. The predicted molar refractivity (Wildman–Crippen MR) is 89.3 cm³/mol. The van der Waals surface area contributed by atoms with Crippen LogP contribution in [0.5, 0.6) is 5.75 Å². The lowest BCUT2D eigenvalue weighted by Crippen LogP contribution is -2.19. The molecule has 0 bridgehead atoms. The summed E-state index contributed by atoms with van der Waals surface area (Å²) < 4.78 is 20.3. The van der Waals surface area contributed by atoms with Crippen LogP contribution < -0.4 is 4.74 Å². The Morgan fingerprint density at radius 3 is 2.36 bits per heavy atom. The van der Waals surface area contributed by atoms with Crippen molar-refractivity contribution in [2.75, 3.05) is 0 Å². The fourth-order valence-corrected chi connectivity index (χ4v) is 2.73. The standard InChI is InChI=1S/C18H20BrFO2/c1-18(2,3)17(21)15-13(20)9-10-14(16(15)19)22-11-12-7-5-4-6-8-12/h4-10,17,21H,11H2,1-3H3. The molecule has 4 heteroatoms. The zero-order chi connectivity index (χ0) is 16.3. The molecule has 2 nitrogen and oxygen atoms in total. The lowest BCUT2D eigenvalue weighted by atomic mass is 9.84. The number of hydrogen-bond donors (Lipinski definition) is 1. The van der Waals surface area contributed by atoms with Gasteiger partial charge < -0.3 is 9.84 Å². The lowest BCUT2D eigenvalue weighted by Gasteiger charge is -2.28. The van der Waals surface area contributed by atoms with Gasteiger partial charge in [-0.1, -0.05) is 51.1 Å². The van der Waals surface area contributed by atoms with Gasteiger partial charge in [-0.05, 0) is 39.0 Å². The molecule has 0 saturated carbocycles. The Morgan fingerprint density at radius 1 is 1.14 bits per heavy atom. The second kappa shape index (κ2) is 6.80. The molecule has 0 aliphatic heterocycles. The van der Waals surface area contributed by atoms with Crippen molar-refractivity contribution in [3.05, 3.63) is 63.9 Å². The molecule has 0 spiro atoms. The molecule has 1 unspecified atom stereocenters. The van der Waals surface area contributed by atoms with Gasteiger partial charge in [0, 0.05) is 5.56 Å². The second-order valence-corrected chi connectivity index (χ2v) is 7.11. The molecule has 0 aliphatic carbocycles. The van der Waals surface area contributed by atoms with Gasteiger partial charge in [0.05, 0.1) is 10.6 Å². The van der Waals surface area contributed by atoms with Crippen molar-refractivity contribution in [2.24, 2.45) is 5.41 Å². The maximum Gasteiger partial charge on any atom is 0.134 e. The van der Waals surface area contributed by atoms with Crippen LogP contribution in [-0.2, 0) is 6.61 Å². The number of aliphatic hydroxyl groups excluding tert-OH is 1. The largest absolute Gasteiger partial charge is 0.488 e. The minimum absolute atomic E-state index is 0.234. The smallest absolute Gasteiger partial charge is 0.134 e. The second-order valence-electron chi connectivity index (χ2n) is 6.32. The Hall–Kier alpha value is -1.39. The molecule has 0 radical (unpaired) electrons. The third kappa shape index (κ3) is 3.87. The summed E-state index contributed by atoms with van der Waals surface area (Å²) in [5.74, 6) is 0.0740. The van der Waals surface area contributed by atoms with Crippen LogP contribution in [0.1, 0.15) is 38.0 Å². The van der Waals surface area contributed by atoms with Crippen LogP contribution >= 0.6 is 15.9 Å². The first-order chi connectivity index (χ1) is 10.3. The zero-order valence-corrected chi connectivity index (χ0v) is 14.5. The molecule has 0 amide bonds. The molecule has 0 heterocycles. The molecule has 22 heavy (non-hydrogen) atoms. The van der Waals surface area contributed by atoms with Crippen LogP contribution in [0, 0.1) is 11.2 Å². The van der Waals surface area contributed by atoms with E-state index < -0.39 is 17.3 Å². The molecule has 0 aliphatic rings.